The number of hydrogen-bond donors (Lipinski definition) is 2. The molecule has 6 heteroatoms. The zero-order valence-corrected chi connectivity index (χ0v) is 15.8. The second-order valence-corrected chi connectivity index (χ2v) is 6.45. The summed E-state index contributed by atoms with van der Waals surface area (Å²) in [4.78, 5) is 24.4. The minimum atomic E-state index is -0.298. The summed E-state index contributed by atoms with van der Waals surface area (Å²) < 4.78 is 10.8. The molecule has 0 aliphatic carbocycles. The van der Waals surface area contributed by atoms with Crippen molar-refractivity contribution >= 4 is 17.5 Å². The van der Waals surface area contributed by atoms with Gasteiger partial charge in [0.25, 0.3) is 11.8 Å². The van der Waals surface area contributed by atoms with Crippen LogP contribution in [-0.4, -0.2) is 18.4 Å². The molecule has 28 heavy (non-hydrogen) atoms. The molecule has 2 amide bonds. The van der Waals surface area contributed by atoms with E-state index >= 15 is 0 Å². The van der Waals surface area contributed by atoms with Crippen LogP contribution in [0, 0.1) is 13.8 Å². The van der Waals surface area contributed by atoms with E-state index in [0.29, 0.717) is 29.3 Å². The number of nitrogens with one attached hydrogen (secondary N) is 2. The average molecular weight is 378 g/mol. The third-order valence-corrected chi connectivity index (χ3v) is 4.10. The van der Waals surface area contributed by atoms with Gasteiger partial charge in [0.05, 0.1) is 12.8 Å². The molecular weight excluding hydrogens is 356 g/mol. The maximum absolute atomic E-state index is 12.3. The average Bonchev–Trinajstić information content (AvgIpc) is 3.19. The fraction of sp³-hybridized carbons (Fsp3) is 0.182. The normalized spacial score (nSPS) is 10.4. The first kappa shape index (κ1) is 19.2. The molecule has 0 aliphatic heterocycles. The largest absolute Gasteiger partial charge is 0.483 e. The Morgan fingerprint density at radius 2 is 1.89 bits per heavy atom. The lowest BCUT2D eigenvalue weighted by Crippen LogP contribution is -2.23. The standard InChI is InChI=1S/C22H22N2O4/c1-15-8-9-20(16(2)11-15)28-14-21(25)24-18-6-3-5-17(12-18)22(26)23-13-19-7-4-10-27-19/h3-12H,13-14H2,1-2H3,(H,23,26)(H,24,25). The molecule has 0 fully saturated rings. The Balaban J connectivity index is 1.54. The van der Waals surface area contributed by atoms with E-state index in [1.807, 2.05) is 32.0 Å². The van der Waals surface area contributed by atoms with Gasteiger partial charge in [0, 0.05) is 11.3 Å². The second kappa shape index (κ2) is 8.90. The Labute approximate surface area is 163 Å². The van der Waals surface area contributed by atoms with Gasteiger partial charge in [0.1, 0.15) is 11.5 Å². The molecule has 0 unspecified atom stereocenters. The number of hydrogen-bond acceptors (Lipinski definition) is 4. The highest BCUT2D eigenvalue weighted by Crippen LogP contribution is 2.18. The molecule has 3 rings (SSSR count). The number of benzene rings is 2. The van der Waals surface area contributed by atoms with E-state index in [-0.39, 0.29) is 18.4 Å². The third-order valence-electron chi connectivity index (χ3n) is 4.10. The molecule has 2 N–H and O–H groups in total. The Bertz CT molecular complexity index is 964. The molecule has 0 saturated heterocycles. The van der Waals surface area contributed by atoms with Crippen molar-refractivity contribution in [2.75, 3.05) is 11.9 Å². The Kier molecular flexibility index (Phi) is 6.11. The van der Waals surface area contributed by atoms with E-state index in [9.17, 15) is 9.59 Å². The van der Waals surface area contributed by atoms with Crippen molar-refractivity contribution in [3.05, 3.63) is 83.3 Å². The molecule has 2 aromatic carbocycles. The van der Waals surface area contributed by atoms with Crippen molar-refractivity contribution in [2.45, 2.75) is 20.4 Å². The van der Waals surface area contributed by atoms with Gasteiger partial charge in [-0.05, 0) is 55.8 Å². The summed E-state index contributed by atoms with van der Waals surface area (Å²) in [6, 6.07) is 16.1. The van der Waals surface area contributed by atoms with Gasteiger partial charge in [-0.25, -0.2) is 0 Å². The van der Waals surface area contributed by atoms with Crippen molar-refractivity contribution in [3.63, 3.8) is 0 Å². The van der Waals surface area contributed by atoms with Crippen LogP contribution < -0.4 is 15.4 Å². The summed E-state index contributed by atoms with van der Waals surface area (Å²) in [5, 5.41) is 5.51. The molecule has 0 bridgehead atoms. The second-order valence-electron chi connectivity index (χ2n) is 6.45. The van der Waals surface area contributed by atoms with Crippen LogP contribution in [0.15, 0.2) is 65.3 Å². The van der Waals surface area contributed by atoms with Crippen LogP contribution in [-0.2, 0) is 11.3 Å². The Morgan fingerprint density at radius 1 is 1.04 bits per heavy atom. The summed E-state index contributed by atoms with van der Waals surface area (Å²) in [5.41, 5.74) is 3.08. The third kappa shape index (κ3) is 5.23. The van der Waals surface area contributed by atoms with Gasteiger partial charge in [0.15, 0.2) is 6.61 Å². The maximum Gasteiger partial charge on any atom is 0.262 e. The van der Waals surface area contributed by atoms with Crippen LogP contribution in [0.5, 0.6) is 5.75 Å². The maximum atomic E-state index is 12.3. The molecule has 1 heterocycles. The van der Waals surface area contributed by atoms with Crippen molar-refractivity contribution < 1.29 is 18.7 Å². The monoisotopic (exact) mass is 378 g/mol. The first-order valence-electron chi connectivity index (χ1n) is 8.92. The van der Waals surface area contributed by atoms with E-state index in [0.717, 1.165) is 11.1 Å². The first-order chi connectivity index (χ1) is 13.5. The van der Waals surface area contributed by atoms with E-state index in [2.05, 4.69) is 10.6 Å². The van der Waals surface area contributed by atoms with E-state index in [4.69, 9.17) is 9.15 Å². The Morgan fingerprint density at radius 3 is 2.64 bits per heavy atom. The zero-order valence-electron chi connectivity index (χ0n) is 15.8. The lowest BCUT2D eigenvalue weighted by atomic mass is 10.1. The van der Waals surface area contributed by atoms with E-state index in [1.165, 1.54) is 0 Å². The number of amides is 2. The summed E-state index contributed by atoms with van der Waals surface area (Å²) in [6.07, 6.45) is 1.55. The fourth-order valence-corrected chi connectivity index (χ4v) is 2.72. The highest BCUT2D eigenvalue weighted by Gasteiger charge is 2.10. The molecule has 0 radical (unpaired) electrons. The minimum Gasteiger partial charge on any atom is -0.483 e. The van der Waals surface area contributed by atoms with Crippen LogP contribution in [0.4, 0.5) is 5.69 Å². The molecule has 144 valence electrons. The number of carbonyl (C=O) groups excluding carboxylic acids is 2. The van der Waals surface area contributed by atoms with Gasteiger partial charge in [-0.1, -0.05) is 23.8 Å². The fourth-order valence-electron chi connectivity index (χ4n) is 2.72. The predicted octanol–water partition coefficient (Wildman–Crippen LogP) is 3.84. The lowest BCUT2D eigenvalue weighted by Gasteiger charge is -2.11. The summed E-state index contributed by atoms with van der Waals surface area (Å²) in [7, 11) is 0. The molecule has 1 aromatic heterocycles. The summed E-state index contributed by atoms with van der Waals surface area (Å²) in [6.45, 7) is 4.12. The quantitative estimate of drug-likeness (QED) is 0.654. The molecule has 6 nitrogen and oxygen atoms in total. The van der Waals surface area contributed by atoms with E-state index < -0.39 is 0 Å². The lowest BCUT2D eigenvalue weighted by molar-refractivity contribution is -0.118. The van der Waals surface area contributed by atoms with Gasteiger partial charge in [-0.2, -0.15) is 0 Å². The molecule has 0 aliphatic rings. The van der Waals surface area contributed by atoms with Gasteiger partial charge >= 0.3 is 0 Å². The van der Waals surface area contributed by atoms with Gasteiger partial charge in [-0.15, -0.1) is 0 Å². The smallest absolute Gasteiger partial charge is 0.262 e. The topological polar surface area (TPSA) is 80.6 Å². The number of rotatable bonds is 7. The minimum absolute atomic E-state index is 0.112. The summed E-state index contributed by atoms with van der Waals surface area (Å²) >= 11 is 0. The van der Waals surface area contributed by atoms with Crippen LogP contribution in [0.2, 0.25) is 0 Å². The zero-order chi connectivity index (χ0) is 19.9. The molecular formula is C22H22N2O4. The number of furan rings is 1. The predicted molar refractivity (Wildman–Crippen MR) is 106 cm³/mol. The van der Waals surface area contributed by atoms with Crippen LogP contribution in [0.1, 0.15) is 27.2 Å². The highest BCUT2D eigenvalue weighted by molar-refractivity contribution is 5.97. The highest BCUT2D eigenvalue weighted by atomic mass is 16.5. The molecule has 3 aromatic rings. The van der Waals surface area contributed by atoms with Crippen molar-refractivity contribution in [3.8, 4) is 5.75 Å². The van der Waals surface area contributed by atoms with Gasteiger partial charge in [-0.3, -0.25) is 9.59 Å². The number of ether oxygens (including phenoxy) is 1. The van der Waals surface area contributed by atoms with Crippen LogP contribution in [0.3, 0.4) is 0 Å². The molecule has 0 atom stereocenters. The number of aryl methyl sites for hydroxylation is 2. The van der Waals surface area contributed by atoms with Crippen molar-refractivity contribution in [2.24, 2.45) is 0 Å². The van der Waals surface area contributed by atoms with Gasteiger partial charge in [0.2, 0.25) is 0 Å². The number of carbonyl (C=O) groups is 2. The van der Waals surface area contributed by atoms with Crippen LogP contribution >= 0.6 is 0 Å². The Hall–Kier alpha value is -3.54. The number of anilines is 1. The molecule has 0 saturated carbocycles. The summed E-state index contributed by atoms with van der Waals surface area (Å²) in [5.74, 6) is 0.792. The van der Waals surface area contributed by atoms with Crippen LogP contribution in [0.25, 0.3) is 0 Å². The van der Waals surface area contributed by atoms with Crippen molar-refractivity contribution in [1.29, 1.82) is 0 Å². The molecule has 0 spiro atoms. The first-order valence-corrected chi connectivity index (χ1v) is 8.92. The van der Waals surface area contributed by atoms with Gasteiger partial charge < -0.3 is 19.8 Å². The SMILES string of the molecule is Cc1ccc(OCC(=O)Nc2cccc(C(=O)NCc3ccco3)c2)c(C)c1. The van der Waals surface area contributed by atoms with E-state index in [1.54, 1.807) is 42.7 Å². The van der Waals surface area contributed by atoms with Crippen molar-refractivity contribution in [1.82, 2.24) is 5.32 Å².